The average Bonchev–Trinajstić information content (AvgIpc) is 3.15. The normalized spacial score (nSPS) is 10.8. The summed E-state index contributed by atoms with van der Waals surface area (Å²) in [5, 5.41) is 2.95. The minimum Gasteiger partial charge on any atom is -0.493 e. The number of hydrogen-bond donors (Lipinski definition) is 1. The van der Waals surface area contributed by atoms with Crippen molar-refractivity contribution in [3.63, 3.8) is 0 Å². The van der Waals surface area contributed by atoms with E-state index < -0.39 is 0 Å². The van der Waals surface area contributed by atoms with Crippen LogP contribution in [-0.2, 0) is 13.1 Å². The number of aryl methyl sites for hydroxylation is 1. The molecule has 0 unspecified atom stereocenters. The number of aromatic nitrogens is 3. The molecule has 0 aliphatic heterocycles. The number of carbonyl (C=O) groups excluding carboxylic acids is 1. The van der Waals surface area contributed by atoms with Crippen LogP contribution in [0.15, 0.2) is 60.8 Å². The molecular formula is C24H24N4O3. The van der Waals surface area contributed by atoms with Gasteiger partial charge in [-0.25, -0.2) is 9.97 Å². The topological polar surface area (TPSA) is 78.3 Å². The maximum atomic E-state index is 12.7. The Hall–Kier alpha value is -3.87. The van der Waals surface area contributed by atoms with Crippen molar-refractivity contribution in [3.8, 4) is 11.5 Å². The van der Waals surface area contributed by atoms with Crippen LogP contribution in [0.3, 0.4) is 0 Å². The first kappa shape index (κ1) is 20.4. The molecule has 0 bridgehead atoms. The fourth-order valence-corrected chi connectivity index (χ4v) is 3.42. The minimum absolute atomic E-state index is 0.220. The monoisotopic (exact) mass is 416 g/mol. The lowest BCUT2D eigenvalue weighted by Gasteiger charge is -2.12. The first-order valence-electron chi connectivity index (χ1n) is 9.95. The number of rotatable bonds is 7. The Bertz CT molecular complexity index is 1220. The second-order valence-corrected chi connectivity index (χ2v) is 7.20. The number of amides is 1. The summed E-state index contributed by atoms with van der Waals surface area (Å²) in [6, 6.07) is 17.2. The SMILES string of the molecule is COc1ccc(C(=O)NCc2nc3cccnc3n2Cc2ccc(C)cc2)cc1OC. The highest BCUT2D eigenvalue weighted by Crippen LogP contribution is 2.27. The molecular weight excluding hydrogens is 392 g/mol. The lowest BCUT2D eigenvalue weighted by molar-refractivity contribution is 0.0949. The summed E-state index contributed by atoms with van der Waals surface area (Å²) in [7, 11) is 3.10. The van der Waals surface area contributed by atoms with Crippen LogP contribution in [0.5, 0.6) is 11.5 Å². The molecule has 2 heterocycles. The number of nitrogens with one attached hydrogen (secondary N) is 1. The van der Waals surface area contributed by atoms with Gasteiger partial charge in [-0.05, 0) is 42.8 Å². The largest absolute Gasteiger partial charge is 0.493 e. The van der Waals surface area contributed by atoms with E-state index in [1.807, 2.05) is 16.7 Å². The molecule has 0 atom stereocenters. The summed E-state index contributed by atoms with van der Waals surface area (Å²) < 4.78 is 12.6. The summed E-state index contributed by atoms with van der Waals surface area (Å²) >= 11 is 0. The molecule has 0 spiro atoms. The summed E-state index contributed by atoms with van der Waals surface area (Å²) in [6.45, 7) is 2.96. The quantitative estimate of drug-likeness (QED) is 0.497. The number of methoxy groups -OCH3 is 2. The van der Waals surface area contributed by atoms with E-state index in [9.17, 15) is 4.79 Å². The zero-order valence-corrected chi connectivity index (χ0v) is 17.8. The highest BCUT2D eigenvalue weighted by molar-refractivity contribution is 5.94. The van der Waals surface area contributed by atoms with Crippen LogP contribution >= 0.6 is 0 Å². The number of benzene rings is 2. The molecule has 31 heavy (non-hydrogen) atoms. The number of fused-ring (bicyclic) bond motifs is 1. The molecule has 2 aromatic heterocycles. The van der Waals surface area contributed by atoms with Gasteiger partial charge in [-0.1, -0.05) is 29.8 Å². The summed E-state index contributed by atoms with van der Waals surface area (Å²) in [5.41, 5.74) is 4.42. The van der Waals surface area contributed by atoms with Crippen LogP contribution in [-0.4, -0.2) is 34.7 Å². The second kappa shape index (κ2) is 8.87. The molecule has 0 fully saturated rings. The fraction of sp³-hybridized carbons (Fsp3) is 0.208. The molecule has 0 saturated heterocycles. The lowest BCUT2D eigenvalue weighted by atomic mass is 10.1. The Morgan fingerprint density at radius 1 is 1.03 bits per heavy atom. The molecule has 4 rings (SSSR count). The van der Waals surface area contributed by atoms with E-state index >= 15 is 0 Å². The number of hydrogen-bond acceptors (Lipinski definition) is 5. The molecule has 7 heteroatoms. The third-order valence-corrected chi connectivity index (χ3v) is 5.10. The van der Waals surface area contributed by atoms with Crippen molar-refractivity contribution in [2.75, 3.05) is 14.2 Å². The highest BCUT2D eigenvalue weighted by Gasteiger charge is 2.15. The Morgan fingerprint density at radius 3 is 2.55 bits per heavy atom. The lowest BCUT2D eigenvalue weighted by Crippen LogP contribution is -2.25. The van der Waals surface area contributed by atoms with Crippen LogP contribution in [0.4, 0.5) is 0 Å². The van der Waals surface area contributed by atoms with E-state index in [2.05, 4.69) is 41.5 Å². The number of pyridine rings is 1. The van der Waals surface area contributed by atoms with Gasteiger partial charge < -0.3 is 19.4 Å². The van der Waals surface area contributed by atoms with E-state index in [1.54, 1.807) is 38.6 Å². The predicted octanol–water partition coefficient (Wildman–Crippen LogP) is 3.74. The molecule has 0 aliphatic carbocycles. The molecule has 0 radical (unpaired) electrons. The van der Waals surface area contributed by atoms with Crippen molar-refractivity contribution in [1.82, 2.24) is 19.9 Å². The first-order valence-corrected chi connectivity index (χ1v) is 9.95. The molecule has 1 amide bonds. The smallest absolute Gasteiger partial charge is 0.251 e. The standard InChI is InChI=1S/C24H24N4O3/c1-16-6-8-17(9-7-16)15-28-22(27-19-5-4-12-25-23(19)28)14-26-24(29)18-10-11-20(30-2)21(13-18)31-3/h4-13H,14-15H2,1-3H3,(H,26,29). The summed E-state index contributed by atoms with van der Waals surface area (Å²) in [5.74, 6) is 1.60. The van der Waals surface area contributed by atoms with Gasteiger partial charge in [0.25, 0.3) is 5.91 Å². The van der Waals surface area contributed by atoms with Crippen LogP contribution < -0.4 is 14.8 Å². The minimum atomic E-state index is -0.220. The average molecular weight is 416 g/mol. The highest BCUT2D eigenvalue weighted by atomic mass is 16.5. The van der Waals surface area contributed by atoms with Crippen molar-refractivity contribution >= 4 is 17.1 Å². The van der Waals surface area contributed by atoms with Crippen LogP contribution in [0.2, 0.25) is 0 Å². The molecule has 7 nitrogen and oxygen atoms in total. The molecule has 158 valence electrons. The Labute approximate surface area is 180 Å². The van der Waals surface area contributed by atoms with E-state index in [4.69, 9.17) is 14.5 Å². The van der Waals surface area contributed by atoms with E-state index in [0.29, 0.717) is 23.6 Å². The summed E-state index contributed by atoms with van der Waals surface area (Å²) in [4.78, 5) is 21.9. The Kier molecular flexibility index (Phi) is 5.84. The van der Waals surface area contributed by atoms with Crippen molar-refractivity contribution in [1.29, 1.82) is 0 Å². The van der Waals surface area contributed by atoms with E-state index in [1.165, 1.54) is 5.56 Å². The van der Waals surface area contributed by atoms with Crippen LogP contribution in [0.25, 0.3) is 11.2 Å². The third-order valence-electron chi connectivity index (χ3n) is 5.10. The van der Waals surface area contributed by atoms with Crippen LogP contribution in [0.1, 0.15) is 27.3 Å². The van der Waals surface area contributed by atoms with Crippen LogP contribution in [0, 0.1) is 6.92 Å². The number of nitrogens with zero attached hydrogens (tertiary/aromatic N) is 3. The van der Waals surface area contributed by atoms with Gasteiger partial charge in [0.2, 0.25) is 0 Å². The number of imidazole rings is 1. The van der Waals surface area contributed by atoms with Gasteiger partial charge in [0.15, 0.2) is 17.1 Å². The molecule has 0 saturated carbocycles. The zero-order chi connectivity index (χ0) is 21.8. The van der Waals surface area contributed by atoms with Gasteiger partial charge in [0.05, 0.1) is 27.3 Å². The van der Waals surface area contributed by atoms with Gasteiger partial charge in [-0.15, -0.1) is 0 Å². The van der Waals surface area contributed by atoms with Gasteiger partial charge in [-0.2, -0.15) is 0 Å². The molecule has 1 N–H and O–H groups in total. The summed E-state index contributed by atoms with van der Waals surface area (Å²) in [6.07, 6.45) is 1.75. The molecule has 2 aromatic carbocycles. The second-order valence-electron chi connectivity index (χ2n) is 7.20. The third kappa shape index (κ3) is 4.35. The Balaban J connectivity index is 1.58. The predicted molar refractivity (Wildman–Crippen MR) is 119 cm³/mol. The number of ether oxygens (including phenoxy) is 2. The van der Waals surface area contributed by atoms with Crippen molar-refractivity contribution in [3.05, 3.63) is 83.3 Å². The Morgan fingerprint density at radius 2 is 1.81 bits per heavy atom. The van der Waals surface area contributed by atoms with E-state index in [-0.39, 0.29) is 12.5 Å². The van der Waals surface area contributed by atoms with E-state index in [0.717, 1.165) is 22.6 Å². The zero-order valence-electron chi connectivity index (χ0n) is 17.8. The molecule has 0 aliphatic rings. The van der Waals surface area contributed by atoms with Gasteiger partial charge in [-0.3, -0.25) is 4.79 Å². The maximum Gasteiger partial charge on any atom is 0.251 e. The fourth-order valence-electron chi connectivity index (χ4n) is 3.42. The number of carbonyl (C=O) groups is 1. The van der Waals surface area contributed by atoms with Crippen molar-refractivity contribution in [2.45, 2.75) is 20.0 Å². The van der Waals surface area contributed by atoms with Crippen molar-refractivity contribution < 1.29 is 14.3 Å². The van der Waals surface area contributed by atoms with Crippen molar-refractivity contribution in [2.24, 2.45) is 0 Å². The first-order chi connectivity index (χ1) is 15.1. The maximum absolute atomic E-state index is 12.7. The van der Waals surface area contributed by atoms with Gasteiger partial charge in [0.1, 0.15) is 11.3 Å². The van der Waals surface area contributed by atoms with Gasteiger partial charge >= 0.3 is 0 Å². The van der Waals surface area contributed by atoms with Gasteiger partial charge in [0, 0.05) is 11.8 Å². The molecule has 4 aromatic rings.